The van der Waals surface area contributed by atoms with Gasteiger partial charge in [0.1, 0.15) is 17.2 Å². The molecule has 0 saturated carbocycles. The van der Waals surface area contributed by atoms with Gasteiger partial charge in [-0.15, -0.1) is 0 Å². The van der Waals surface area contributed by atoms with E-state index in [0.717, 1.165) is 11.0 Å². The molecule has 154 valence electrons. The summed E-state index contributed by atoms with van der Waals surface area (Å²) < 4.78 is 22.3. The summed E-state index contributed by atoms with van der Waals surface area (Å²) >= 11 is 0. The van der Waals surface area contributed by atoms with Crippen LogP contribution in [0.1, 0.15) is 0 Å². The van der Waals surface area contributed by atoms with Gasteiger partial charge in [0.2, 0.25) is 5.91 Å². The van der Waals surface area contributed by atoms with Crippen LogP contribution in [0.15, 0.2) is 36.4 Å². The van der Waals surface area contributed by atoms with Crippen molar-refractivity contribution in [2.24, 2.45) is 0 Å². The zero-order chi connectivity index (χ0) is 21.3. The molecule has 29 heavy (non-hydrogen) atoms. The van der Waals surface area contributed by atoms with Gasteiger partial charge < -0.3 is 19.7 Å². The Morgan fingerprint density at radius 2 is 2.17 bits per heavy atom. The van der Waals surface area contributed by atoms with E-state index in [4.69, 9.17) is 4.74 Å². The lowest BCUT2D eigenvalue weighted by molar-refractivity contribution is -0.384. The Labute approximate surface area is 167 Å². The number of nitrogens with one attached hydrogen (secondary N) is 1. The Morgan fingerprint density at radius 3 is 2.83 bits per heavy atom. The van der Waals surface area contributed by atoms with Crippen molar-refractivity contribution < 1.29 is 33.0 Å². The molecule has 0 aromatic heterocycles. The Morgan fingerprint density at radius 1 is 1.45 bits per heavy atom. The zero-order valence-corrected chi connectivity index (χ0v) is 16.0. The molecule has 4 atom stereocenters. The highest BCUT2D eigenvalue weighted by Crippen LogP contribution is 2.34. The first kappa shape index (κ1) is 20.5. The number of hydrogen-bond acceptors (Lipinski definition) is 8. The number of methoxy groups -OCH3 is 1. The van der Waals surface area contributed by atoms with Gasteiger partial charge in [0.25, 0.3) is 11.6 Å². The van der Waals surface area contributed by atoms with E-state index in [1.807, 2.05) is 0 Å². The third kappa shape index (κ3) is 3.83. The zero-order valence-electron chi connectivity index (χ0n) is 15.2. The van der Waals surface area contributed by atoms with Gasteiger partial charge in [-0.05, 0) is 11.6 Å². The standard InChI is InChI=1S/C17H17N3O8S/c1-9-8-29(26)16-13(15(22)19(16)14(9)17(23)27-2)18-12(21)7-28-11-5-3-4-10(6-11)20(24)25/h3-6,13-14,16H,1,7-8H2,2H3,(H,18,21)/t13?,14?,16-,29?/m0/s1. The van der Waals surface area contributed by atoms with E-state index in [-0.39, 0.29) is 17.2 Å². The molecule has 11 nitrogen and oxygen atoms in total. The number of carbonyl (C=O) groups is 3. The van der Waals surface area contributed by atoms with Crippen molar-refractivity contribution in [2.75, 3.05) is 19.5 Å². The van der Waals surface area contributed by atoms with Gasteiger partial charge in [0.05, 0.1) is 28.9 Å². The lowest BCUT2D eigenvalue weighted by Crippen LogP contribution is -2.77. The molecule has 3 unspecified atom stereocenters. The summed E-state index contributed by atoms with van der Waals surface area (Å²) in [5.41, 5.74) is 0.109. The number of β-lactam (4-membered cyclic amide) rings is 1. The van der Waals surface area contributed by atoms with Crippen LogP contribution in [-0.4, -0.2) is 68.7 Å². The van der Waals surface area contributed by atoms with Crippen LogP contribution in [0.5, 0.6) is 5.75 Å². The molecular weight excluding hydrogens is 406 g/mol. The lowest BCUT2D eigenvalue weighted by atomic mass is 9.98. The average molecular weight is 423 g/mol. The van der Waals surface area contributed by atoms with Crippen LogP contribution < -0.4 is 10.1 Å². The van der Waals surface area contributed by atoms with Crippen molar-refractivity contribution in [3.05, 3.63) is 46.5 Å². The van der Waals surface area contributed by atoms with Gasteiger partial charge in [-0.3, -0.25) is 23.9 Å². The molecule has 2 aliphatic rings. The first-order chi connectivity index (χ1) is 13.7. The Hall–Kier alpha value is -3.28. The number of carbonyl (C=O) groups excluding carboxylic acids is 3. The molecule has 2 saturated heterocycles. The lowest BCUT2D eigenvalue weighted by Gasteiger charge is -2.52. The second-order valence-electron chi connectivity index (χ2n) is 6.33. The maximum Gasteiger partial charge on any atom is 0.332 e. The van der Waals surface area contributed by atoms with Crippen LogP contribution >= 0.6 is 0 Å². The quantitative estimate of drug-likeness (QED) is 0.212. The summed E-state index contributed by atoms with van der Waals surface area (Å²) in [6.07, 6.45) is 0. The summed E-state index contributed by atoms with van der Waals surface area (Å²) in [5, 5.41) is 12.3. The number of hydrogen-bond donors (Lipinski definition) is 1. The molecule has 2 heterocycles. The van der Waals surface area contributed by atoms with Gasteiger partial charge in [-0.1, -0.05) is 12.6 Å². The van der Waals surface area contributed by atoms with E-state index < -0.39 is 57.6 Å². The SMILES string of the molecule is C=C1CS(=O)[C@H]2C(NC(=O)COc3cccc([N+](=O)[O-])c3)C(=O)N2C1C(=O)OC. The van der Waals surface area contributed by atoms with Crippen molar-refractivity contribution >= 4 is 34.3 Å². The fourth-order valence-corrected chi connectivity index (χ4v) is 4.82. The van der Waals surface area contributed by atoms with Crippen LogP contribution in [0.25, 0.3) is 0 Å². The number of fused-ring (bicyclic) bond motifs is 1. The van der Waals surface area contributed by atoms with E-state index in [2.05, 4.69) is 16.6 Å². The first-order valence-electron chi connectivity index (χ1n) is 8.36. The number of non-ortho nitro benzene ring substituents is 1. The minimum absolute atomic E-state index is 0.00473. The highest BCUT2D eigenvalue weighted by atomic mass is 32.2. The minimum Gasteiger partial charge on any atom is -0.484 e. The number of nitrogens with zero attached hydrogens (tertiary/aromatic N) is 2. The van der Waals surface area contributed by atoms with Gasteiger partial charge in [-0.25, -0.2) is 4.79 Å². The molecule has 2 amide bonds. The van der Waals surface area contributed by atoms with E-state index in [1.165, 1.54) is 25.3 Å². The third-order valence-corrected chi connectivity index (χ3v) is 6.17. The highest BCUT2D eigenvalue weighted by Gasteiger charge is 2.59. The minimum atomic E-state index is -1.55. The monoisotopic (exact) mass is 423 g/mol. The van der Waals surface area contributed by atoms with Crippen LogP contribution in [0.4, 0.5) is 5.69 Å². The molecule has 0 bridgehead atoms. The van der Waals surface area contributed by atoms with Crippen LogP contribution in [0, 0.1) is 10.1 Å². The Balaban J connectivity index is 1.63. The summed E-state index contributed by atoms with van der Waals surface area (Å²) in [6, 6.07) is 3.18. The predicted molar refractivity (Wildman–Crippen MR) is 99.1 cm³/mol. The second kappa shape index (κ2) is 7.99. The number of nitro groups is 1. The molecule has 0 aliphatic carbocycles. The van der Waals surface area contributed by atoms with E-state index in [0.29, 0.717) is 5.57 Å². The van der Waals surface area contributed by atoms with Crippen molar-refractivity contribution in [3.8, 4) is 5.75 Å². The predicted octanol–water partition coefficient (Wildman–Crippen LogP) is -0.513. The Kier molecular flexibility index (Phi) is 5.64. The number of esters is 1. The average Bonchev–Trinajstić information content (AvgIpc) is 2.69. The molecule has 12 heteroatoms. The third-order valence-electron chi connectivity index (χ3n) is 4.48. The van der Waals surface area contributed by atoms with Crippen molar-refractivity contribution in [1.29, 1.82) is 0 Å². The molecule has 0 radical (unpaired) electrons. The molecule has 1 N–H and O–H groups in total. The Bertz CT molecular complexity index is 933. The molecular formula is C17H17N3O8S. The molecule has 3 rings (SSSR count). The normalized spacial score (nSPS) is 25.5. The largest absolute Gasteiger partial charge is 0.484 e. The van der Waals surface area contributed by atoms with E-state index in [1.54, 1.807) is 0 Å². The van der Waals surface area contributed by atoms with E-state index >= 15 is 0 Å². The summed E-state index contributed by atoms with van der Waals surface area (Å²) in [7, 11) is -0.374. The molecule has 2 aliphatic heterocycles. The maximum atomic E-state index is 12.5. The number of amides is 2. The van der Waals surface area contributed by atoms with Gasteiger partial charge in [0, 0.05) is 11.8 Å². The van der Waals surface area contributed by atoms with Crippen LogP contribution in [0.2, 0.25) is 0 Å². The van der Waals surface area contributed by atoms with Crippen LogP contribution in [0.3, 0.4) is 0 Å². The summed E-state index contributed by atoms with van der Waals surface area (Å²) in [6.45, 7) is 3.19. The smallest absolute Gasteiger partial charge is 0.332 e. The number of rotatable bonds is 6. The highest BCUT2D eigenvalue weighted by molar-refractivity contribution is 7.86. The van der Waals surface area contributed by atoms with Crippen LogP contribution in [-0.2, 0) is 29.9 Å². The first-order valence-corrected chi connectivity index (χ1v) is 9.74. The molecule has 1 aromatic rings. The second-order valence-corrected chi connectivity index (χ2v) is 7.87. The summed E-state index contributed by atoms with van der Waals surface area (Å²) in [4.78, 5) is 47.8. The van der Waals surface area contributed by atoms with E-state index in [9.17, 15) is 28.7 Å². The molecule has 0 spiro atoms. The summed E-state index contributed by atoms with van der Waals surface area (Å²) in [5.74, 6) is -1.83. The number of ether oxygens (including phenoxy) is 2. The molecule has 2 fully saturated rings. The van der Waals surface area contributed by atoms with Crippen molar-refractivity contribution in [3.63, 3.8) is 0 Å². The maximum absolute atomic E-state index is 12.5. The molecule has 1 aromatic carbocycles. The van der Waals surface area contributed by atoms with Crippen molar-refractivity contribution in [2.45, 2.75) is 17.5 Å². The van der Waals surface area contributed by atoms with Gasteiger partial charge >= 0.3 is 5.97 Å². The number of benzene rings is 1. The van der Waals surface area contributed by atoms with Gasteiger partial charge in [-0.2, -0.15) is 0 Å². The number of nitro benzene ring substituents is 1. The van der Waals surface area contributed by atoms with Crippen molar-refractivity contribution in [1.82, 2.24) is 10.2 Å². The fraction of sp³-hybridized carbons (Fsp3) is 0.353. The topological polar surface area (TPSA) is 145 Å². The fourth-order valence-electron chi connectivity index (χ4n) is 3.16. The van der Waals surface area contributed by atoms with Gasteiger partial charge in [0.15, 0.2) is 12.6 Å².